The van der Waals surface area contributed by atoms with Gasteiger partial charge in [0.25, 0.3) is 0 Å². The molecule has 110 valence electrons. The van der Waals surface area contributed by atoms with E-state index in [-0.39, 0.29) is 12.3 Å². The zero-order chi connectivity index (χ0) is 15.2. The van der Waals surface area contributed by atoms with E-state index in [0.29, 0.717) is 0 Å². The van der Waals surface area contributed by atoms with Gasteiger partial charge in [0.1, 0.15) is 12.0 Å². The summed E-state index contributed by atoms with van der Waals surface area (Å²) < 4.78 is 9.51. The highest BCUT2D eigenvalue weighted by atomic mass is 16.6. The van der Waals surface area contributed by atoms with Gasteiger partial charge in [-0.2, -0.15) is 0 Å². The van der Waals surface area contributed by atoms with Gasteiger partial charge in [0.05, 0.1) is 13.2 Å². The van der Waals surface area contributed by atoms with Gasteiger partial charge in [-0.3, -0.25) is 9.59 Å². The van der Waals surface area contributed by atoms with E-state index in [1.807, 2.05) is 0 Å². The Morgan fingerprint density at radius 3 is 2.05 bits per heavy atom. The number of Topliss-reactive ketones (excluding diaryl/α,β-unsaturated/α-hetero) is 1. The molecule has 0 fully saturated rings. The summed E-state index contributed by atoms with van der Waals surface area (Å²) in [5.41, 5.74) is -0.642. The van der Waals surface area contributed by atoms with E-state index in [1.54, 1.807) is 34.6 Å². The van der Waals surface area contributed by atoms with Gasteiger partial charge in [-0.15, -0.1) is 0 Å². The number of carbonyl (C=O) groups excluding carboxylic acids is 3. The second-order valence-electron chi connectivity index (χ2n) is 5.59. The number of ether oxygens (including phenoxy) is 2. The average Bonchev–Trinajstić information content (AvgIpc) is 2.22. The van der Waals surface area contributed by atoms with Gasteiger partial charge in [-0.05, 0) is 26.7 Å². The van der Waals surface area contributed by atoms with Crippen molar-refractivity contribution in [2.75, 3.05) is 7.11 Å². The Bertz CT molecular complexity index is 343. The Labute approximate surface area is 113 Å². The predicted octanol–water partition coefficient (Wildman–Crippen LogP) is 1.67. The summed E-state index contributed by atoms with van der Waals surface area (Å²) in [4.78, 5) is 34.6. The van der Waals surface area contributed by atoms with Crippen molar-refractivity contribution in [1.82, 2.24) is 5.32 Å². The highest BCUT2D eigenvalue weighted by Gasteiger charge is 2.28. The number of amides is 1. The van der Waals surface area contributed by atoms with Gasteiger partial charge in [-0.1, -0.05) is 13.8 Å². The van der Waals surface area contributed by atoms with Crippen LogP contribution in [0.15, 0.2) is 0 Å². The van der Waals surface area contributed by atoms with Crippen molar-refractivity contribution in [2.45, 2.75) is 52.7 Å². The molecule has 0 spiro atoms. The Balaban J connectivity index is 4.62. The molecule has 6 heteroatoms. The number of esters is 1. The van der Waals surface area contributed by atoms with E-state index in [0.717, 1.165) is 0 Å². The Hall–Kier alpha value is -1.59. The molecule has 0 bridgehead atoms. The van der Waals surface area contributed by atoms with E-state index in [4.69, 9.17) is 4.74 Å². The summed E-state index contributed by atoms with van der Waals surface area (Å²) in [7, 11) is 1.21. The monoisotopic (exact) mass is 273 g/mol. The molecule has 0 saturated heterocycles. The standard InChI is InChI=1S/C13H23NO5/c1-8(2)11(9(15)7-10(16)18-6)14-12(17)19-13(3,4)5/h8,11H,7H2,1-6H3,(H,14,17). The molecule has 0 aromatic heterocycles. The highest BCUT2D eigenvalue weighted by molar-refractivity contribution is 5.99. The van der Waals surface area contributed by atoms with Crippen molar-refractivity contribution < 1.29 is 23.9 Å². The molecule has 1 amide bonds. The number of methoxy groups -OCH3 is 1. The summed E-state index contributed by atoms with van der Waals surface area (Å²) in [5, 5.41) is 2.48. The van der Waals surface area contributed by atoms with Gasteiger partial charge in [0.2, 0.25) is 0 Å². The zero-order valence-corrected chi connectivity index (χ0v) is 12.4. The third-order valence-corrected chi connectivity index (χ3v) is 2.23. The number of carbonyl (C=O) groups is 3. The highest BCUT2D eigenvalue weighted by Crippen LogP contribution is 2.10. The van der Waals surface area contributed by atoms with Crippen LogP contribution in [-0.2, 0) is 19.1 Å². The molecule has 0 aromatic rings. The van der Waals surface area contributed by atoms with Gasteiger partial charge in [-0.25, -0.2) is 4.79 Å². The summed E-state index contributed by atoms with van der Waals surface area (Å²) >= 11 is 0. The normalized spacial score (nSPS) is 12.8. The largest absolute Gasteiger partial charge is 0.469 e. The minimum Gasteiger partial charge on any atom is -0.469 e. The molecule has 0 aliphatic rings. The number of alkyl carbamates (subject to hydrolysis) is 1. The fraction of sp³-hybridized carbons (Fsp3) is 0.769. The maximum Gasteiger partial charge on any atom is 0.408 e. The Kier molecular flexibility index (Phi) is 6.52. The molecular formula is C13H23NO5. The quantitative estimate of drug-likeness (QED) is 0.608. The summed E-state index contributed by atoms with van der Waals surface area (Å²) in [6.07, 6.45) is -1.04. The smallest absolute Gasteiger partial charge is 0.408 e. The molecule has 0 rings (SSSR count). The number of nitrogens with one attached hydrogen (secondary N) is 1. The van der Waals surface area contributed by atoms with E-state index in [1.165, 1.54) is 7.11 Å². The molecule has 19 heavy (non-hydrogen) atoms. The topological polar surface area (TPSA) is 81.7 Å². The van der Waals surface area contributed by atoms with Gasteiger partial charge in [0.15, 0.2) is 5.78 Å². The van der Waals surface area contributed by atoms with Crippen LogP contribution >= 0.6 is 0 Å². The molecule has 0 saturated carbocycles. The summed E-state index contributed by atoms with van der Waals surface area (Å²) in [6, 6.07) is -0.769. The molecule has 1 atom stereocenters. The van der Waals surface area contributed by atoms with Gasteiger partial charge >= 0.3 is 12.1 Å². The first-order chi connectivity index (χ1) is 8.56. The zero-order valence-electron chi connectivity index (χ0n) is 12.4. The third kappa shape index (κ3) is 7.43. The SMILES string of the molecule is COC(=O)CC(=O)C(NC(=O)OC(C)(C)C)C(C)C. The molecule has 1 unspecified atom stereocenters. The predicted molar refractivity (Wildman–Crippen MR) is 69.6 cm³/mol. The van der Waals surface area contributed by atoms with Crippen molar-refractivity contribution in [2.24, 2.45) is 5.92 Å². The first-order valence-electron chi connectivity index (χ1n) is 6.16. The lowest BCUT2D eigenvalue weighted by Crippen LogP contribution is -2.46. The van der Waals surface area contributed by atoms with Crippen LogP contribution in [0.3, 0.4) is 0 Å². The fourth-order valence-electron chi connectivity index (χ4n) is 1.38. The number of hydrogen-bond donors (Lipinski definition) is 1. The lowest BCUT2D eigenvalue weighted by atomic mass is 9.98. The van der Waals surface area contributed by atoms with Gasteiger partial charge < -0.3 is 14.8 Å². The van der Waals surface area contributed by atoms with Crippen LogP contribution in [0.1, 0.15) is 41.0 Å². The van der Waals surface area contributed by atoms with Crippen LogP contribution in [0.4, 0.5) is 4.79 Å². The minimum absolute atomic E-state index is 0.148. The summed E-state index contributed by atoms with van der Waals surface area (Å²) in [5.74, 6) is -1.17. The second-order valence-corrected chi connectivity index (χ2v) is 5.59. The molecule has 0 aromatic carbocycles. The third-order valence-electron chi connectivity index (χ3n) is 2.23. The lowest BCUT2D eigenvalue weighted by Gasteiger charge is -2.24. The molecule has 0 aliphatic heterocycles. The van der Waals surface area contributed by atoms with E-state index >= 15 is 0 Å². The van der Waals surface area contributed by atoms with Crippen molar-refractivity contribution >= 4 is 17.8 Å². The molecule has 6 nitrogen and oxygen atoms in total. The van der Waals surface area contributed by atoms with Crippen molar-refractivity contribution in [1.29, 1.82) is 0 Å². The van der Waals surface area contributed by atoms with Crippen LogP contribution in [-0.4, -0.2) is 36.6 Å². The Morgan fingerprint density at radius 2 is 1.68 bits per heavy atom. The Morgan fingerprint density at radius 1 is 1.16 bits per heavy atom. The second kappa shape index (κ2) is 7.11. The van der Waals surface area contributed by atoms with Crippen LogP contribution in [0.5, 0.6) is 0 Å². The maximum absolute atomic E-state index is 11.9. The average molecular weight is 273 g/mol. The first kappa shape index (κ1) is 17.4. The van der Waals surface area contributed by atoms with Crippen molar-refractivity contribution in [3.05, 3.63) is 0 Å². The lowest BCUT2D eigenvalue weighted by molar-refractivity contribution is -0.144. The minimum atomic E-state index is -0.769. The van der Waals surface area contributed by atoms with E-state index in [9.17, 15) is 14.4 Å². The van der Waals surface area contributed by atoms with Crippen molar-refractivity contribution in [3.63, 3.8) is 0 Å². The molecule has 0 aliphatic carbocycles. The van der Waals surface area contributed by atoms with Crippen molar-refractivity contribution in [3.8, 4) is 0 Å². The maximum atomic E-state index is 11.9. The summed E-state index contributed by atoms with van der Waals surface area (Å²) in [6.45, 7) is 8.74. The molecule has 0 radical (unpaired) electrons. The number of ketones is 1. The van der Waals surface area contributed by atoms with Gasteiger partial charge in [0, 0.05) is 0 Å². The molecule has 1 N–H and O–H groups in total. The van der Waals surface area contributed by atoms with Crippen LogP contribution in [0.2, 0.25) is 0 Å². The number of hydrogen-bond acceptors (Lipinski definition) is 5. The van der Waals surface area contributed by atoms with Crippen LogP contribution in [0.25, 0.3) is 0 Å². The molecular weight excluding hydrogens is 250 g/mol. The fourth-order valence-corrected chi connectivity index (χ4v) is 1.38. The first-order valence-corrected chi connectivity index (χ1v) is 6.16. The van der Waals surface area contributed by atoms with Crippen LogP contribution in [0, 0.1) is 5.92 Å². The number of rotatable bonds is 5. The van der Waals surface area contributed by atoms with E-state index < -0.39 is 29.5 Å². The van der Waals surface area contributed by atoms with E-state index in [2.05, 4.69) is 10.1 Å². The van der Waals surface area contributed by atoms with Crippen LogP contribution < -0.4 is 5.32 Å². The molecule has 0 heterocycles.